The third-order valence-corrected chi connectivity index (χ3v) is 4.73. The molecule has 1 aliphatic heterocycles. The van der Waals surface area contributed by atoms with Crippen molar-refractivity contribution in [3.05, 3.63) is 71.0 Å². The smallest absolute Gasteiger partial charge is 0.254 e. The Bertz CT molecular complexity index is 749. The first-order valence-electron chi connectivity index (χ1n) is 8.71. The Labute approximate surface area is 148 Å². The molecule has 3 nitrogen and oxygen atoms in total. The van der Waals surface area contributed by atoms with Gasteiger partial charge in [-0.25, -0.2) is 4.39 Å². The molecule has 2 aromatic rings. The van der Waals surface area contributed by atoms with Crippen molar-refractivity contribution in [1.29, 1.82) is 0 Å². The molecular formula is C21H24FNO2. The van der Waals surface area contributed by atoms with Gasteiger partial charge in [-0.1, -0.05) is 24.3 Å². The molecule has 0 aromatic heterocycles. The van der Waals surface area contributed by atoms with Gasteiger partial charge in [0.15, 0.2) is 0 Å². The van der Waals surface area contributed by atoms with Crippen molar-refractivity contribution < 1.29 is 14.3 Å². The van der Waals surface area contributed by atoms with E-state index in [4.69, 9.17) is 0 Å². The van der Waals surface area contributed by atoms with Crippen LogP contribution in [0.15, 0.2) is 48.5 Å². The van der Waals surface area contributed by atoms with Crippen LogP contribution in [0, 0.1) is 5.82 Å². The Kier molecular flexibility index (Phi) is 4.91. The van der Waals surface area contributed by atoms with Gasteiger partial charge in [0.2, 0.25) is 0 Å². The summed E-state index contributed by atoms with van der Waals surface area (Å²) in [5, 5.41) is 9.87. The zero-order valence-corrected chi connectivity index (χ0v) is 14.7. The minimum atomic E-state index is -0.717. The normalized spacial score (nSPS) is 17.3. The summed E-state index contributed by atoms with van der Waals surface area (Å²) >= 11 is 0. The van der Waals surface area contributed by atoms with E-state index in [1.54, 1.807) is 26.0 Å². The van der Waals surface area contributed by atoms with Gasteiger partial charge in [0.1, 0.15) is 5.82 Å². The molecule has 132 valence electrons. The SMILES string of the molecule is CC(C)(O)CCc1cccc(C(=O)N2CCC2c2ccc(F)cc2)c1. The number of carbonyl (C=O) groups is 1. The maximum absolute atomic E-state index is 13.1. The summed E-state index contributed by atoms with van der Waals surface area (Å²) < 4.78 is 13.1. The molecule has 1 atom stereocenters. The number of halogens is 1. The molecule has 3 rings (SSSR count). The predicted molar refractivity (Wildman–Crippen MR) is 95.9 cm³/mol. The van der Waals surface area contributed by atoms with Crippen LogP contribution >= 0.6 is 0 Å². The van der Waals surface area contributed by atoms with Crippen LogP contribution in [0.25, 0.3) is 0 Å². The fourth-order valence-corrected chi connectivity index (χ4v) is 3.14. The molecule has 0 bridgehead atoms. The highest BCUT2D eigenvalue weighted by atomic mass is 19.1. The van der Waals surface area contributed by atoms with Crippen LogP contribution in [0.5, 0.6) is 0 Å². The fourth-order valence-electron chi connectivity index (χ4n) is 3.14. The molecule has 1 fully saturated rings. The fraction of sp³-hybridized carbons (Fsp3) is 0.381. The Balaban J connectivity index is 1.71. The Morgan fingerprint density at radius 1 is 1.24 bits per heavy atom. The van der Waals surface area contributed by atoms with Gasteiger partial charge in [-0.15, -0.1) is 0 Å². The second kappa shape index (κ2) is 6.96. The molecule has 1 aliphatic rings. The molecule has 1 saturated heterocycles. The zero-order valence-electron chi connectivity index (χ0n) is 14.7. The van der Waals surface area contributed by atoms with Crippen LogP contribution in [-0.2, 0) is 6.42 Å². The predicted octanol–water partition coefficient (Wildman–Crippen LogP) is 4.12. The monoisotopic (exact) mass is 341 g/mol. The minimum absolute atomic E-state index is 0.00526. The van der Waals surface area contributed by atoms with Crippen LogP contribution < -0.4 is 0 Å². The summed E-state index contributed by atoms with van der Waals surface area (Å²) in [4.78, 5) is 14.7. The highest BCUT2D eigenvalue weighted by Gasteiger charge is 2.33. The van der Waals surface area contributed by atoms with Gasteiger partial charge in [-0.05, 0) is 68.5 Å². The van der Waals surface area contributed by atoms with Crippen molar-refractivity contribution in [2.75, 3.05) is 6.54 Å². The lowest BCUT2D eigenvalue weighted by Gasteiger charge is -2.41. The third kappa shape index (κ3) is 4.26. The molecule has 0 radical (unpaired) electrons. The third-order valence-electron chi connectivity index (χ3n) is 4.73. The first-order valence-corrected chi connectivity index (χ1v) is 8.71. The van der Waals surface area contributed by atoms with Gasteiger partial charge >= 0.3 is 0 Å². The highest BCUT2D eigenvalue weighted by Crippen LogP contribution is 2.34. The number of amides is 1. The van der Waals surface area contributed by atoms with E-state index in [2.05, 4.69) is 0 Å². The van der Waals surface area contributed by atoms with Gasteiger partial charge in [-0.2, -0.15) is 0 Å². The summed E-state index contributed by atoms with van der Waals surface area (Å²) in [7, 11) is 0. The largest absolute Gasteiger partial charge is 0.390 e. The van der Waals surface area contributed by atoms with E-state index in [-0.39, 0.29) is 17.8 Å². The molecule has 1 amide bonds. The first-order chi connectivity index (χ1) is 11.8. The van der Waals surface area contributed by atoms with E-state index < -0.39 is 5.60 Å². The van der Waals surface area contributed by atoms with E-state index in [1.165, 1.54) is 12.1 Å². The van der Waals surface area contributed by atoms with Gasteiger partial charge in [-0.3, -0.25) is 4.79 Å². The standard InChI is InChI=1S/C21H24FNO2/c1-21(2,25)12-10-15-4-3-5-17(14-15)20(24)23-13-11-19(23)16-6-8-18(22)9-7-16/h3-9,14,19,25H,10-13H2,1-2H3. The van der Waals surface area contributed by atoms with Crippen LogP contribution in [-0.4, -0.2) is 28.1 Å². The molecule has 0 spiro atoms. The van der Waals surface area contributed by atoms with Crippen molar-refractivity contribution in [1.82, 2.24) is 4.90 Å². The number of likely N-dealkylation sites (tertiary alicyclic amines) is 1. The maximum Gasteiger partial charge on any atom is 0.254 e. The molecular weight excluding hydrogens is 317 g/mol. The highest BCUT2D eigenvalue weighted by molar-refractivity contribution is 5.95. The Hall–Kier alpha value is -2.20. The van der Waals surface area contributed by atoms with E-state index in [0.717, 1.165) is 30.5 Å². The van der Waals surface area contributed by atoms with Crippen molar-refractivity contribution in [3.8, 4) is 0 Å². The molecule has 0 aliphatic carbocycles. The van der Waals surface area contributed by atoms with Crippen molar-refractivity contribution in [2.24, 2.45) is 0 Å². The lowest BCUT2D eigenvalue weighted by molar-refractivity contribution is 0.0460. The number of hydrogen-bond donors (Lipinski definition) is 1. The van der Waals surface area contributed by atoms with Gasteiger partial charge < -0.3 is 10.0 Å². The van der Waals surface area contributed by atoms with Crippen LogP contribution in [0.3, 0.4) is 0 Å². The second-order valence-electron chi connectivity index (χ2n) is 7.37. The van der Waals surface area contributed by atoms with Crippen LogP contribution in [0.2, 0.25) is 0 Å². The lowest BCUT2D eigenvalue weighted by Crippen LogP contribution is -2.45. The van der Waals surface area contributed by atoms with Gasteiger partial charge in [0, 0.05) is 12.1 Å². The van der Waals surface area contributed by atoms with Gasteiger partial charge in [0.05, 0.1) is 11.6 Å². The molecule has 25 heavy (non-hydrogen) atoms. The number of aliphatic hydroxyl groups is 1. The summed E-state index contributed by atoms with van der Waals surface area (Å²) in [5.41, 5.74) is 1.97. The van der Waals surface area contributed by atoms with Crippen LogP contribution in [0.4, 0.5) is 4.39 Å². The summed E-state index contributed by atoms with van der Waals surface area (Å²) in [6, 6.07) is 14.0. The molecule has 1 heterocycles. The second-order valence-corrected chi connectivity index (χ2v) is 7.37. The zero-order chi connectivity index (χ0) is 18.0. The number of rotatable bonds is 5. The number of aryl methyl sites for hydroxylation is 1. The first kappa shape index (κ1) is 17.6. The van der Waals surface area contributed by atoms with Gasteiger partial charge in [0.25, 0.3) is 5.91 Å². The van der Waals surface area contributed by atoms with E-state index in [0.29, 0.717) is 12.0 Å². The molecule has 0 saturated carbocycles. The number of benzene rings is 2. The summed E-state index contributed by atoms with van der Waals surface area (Å²) in [6.45, 7) is 4.29. The van der Waals surface area contributed by atoms with E-state index >= 15 is 0 Å². The molecule has 4 heteroatoms. The van der Waals surface area contributed by atoms with Crippen molar-refractivity contribution in [3.63, 3.8) is 0 Å². The van der Waals surface area contributed by atoms with Crippen LogP contribution in [0.1, 0.15) is 54.2 Å². The molecule has 1 unspecified atom stereocenters. The quantitative estimate of drug-likeness (QED) is 0.889. The minimum Gasteiger partial charge on any atom is -0.390 e. The number of carbonyl (C=O) groups excluding carboxylic acids is 1. The maximum atomic E-state index is 13.1. The molecule has 2 aromatic carbocycles. The van der Waals surface area contributed by atoms with E-state index in [9.17, 15) is 14.3 Å². The average Bonchev–Trinajstić information content (AvgIpc) is 2.53. The molecule has 1 N–H and O–H groups in total. The Morgan fingerprint density at radius 2 is 1.96 bits per heavy atom. The van der Waals surface area contributed by atoms with Crippen molar-refractivity contribution >= 4 is 5.91 Å². The van der Waals surface area contributed by atoms with E-state index in [1.807, 2.05) is 29.2 Å². The van der Waals surface area contributed by atoms with Crippen molar-refractivity contribution in [2.45, 2.75) is 44.8 Å². The topological polar surface area (TPSA) is 40.5 Å². The number of nitrogens with zero attached hydrogens (tertiary/aromatic N) is 1. The number of hydrogen-bond acceptors (Lipinski definition) is 2. The summed E-state index contributed by atoms with van der Waals surface area (Å²) in [6.07, 6.45) is 2.27. The lowest BCUT2D eigenvalue weighted by atomic mass is 9.93. The Morgan fingerprint density at radius 3 is 2.56 bits per heavy atom. The summed E-state index contributed by atoms with van der Waals surface area (Å²) in [5.74, 6) is -0.258. The average molecular weight is 341 g/mol.